The zero-order chi connectivity index (χ0) is 20.2. The summed E-state index contributed by atoms with van der Waals surface area (Å²) in [5.41, 5.74) is 4.53. The third-order valence-corrected chi connectivity index (χ3v) is 5.89. The lowest BCUT2D eigenvalue weighted by molar-refractivity contribution is 0.238. The molecule has 1 saturated heterocycles. The van der Waals surface area contributed by atoms with Crippen LogP contribution >= 0.6 is 0 Å². The number of rotatable bonds is 6. The number of nitrogens with one attached hydrogen (secondary N) is 3. The molecule has 6 heteroatoms. The number of hydrogen-bond acceptors (Lipinski definition) is 3. The van der Waals surface area contributed by atoms with Crippen LogP contribution in [0.2, 0.25) is 0 Å². The molecule has 3 N–H and O–H groups in total. The fraction of sp³-hybridized carbons (Fsp3) is 0.391. The van der Waals surface area contributed by atoms with Gasteiger partial charge in [-0.3, -0.25) is 15.3 Å². The van der Waals surface area contributed by atoms with Gasteiger partial charge in [0.2, 0.25) is 0 Å². The Balaban J connectivity index is 1.42. The number of urea groups is 1. The molecule has 1 aromatic heterocycles. The van der Waals surface area contributed by atoms with Crippen molar-refractivity contribution in [3.05, 3.63) is 48.0 Å². The summed E-state index contributed by atoms with van der Waals surface area (Å²) in [6, 6.07) is 15.0. The van der Waals surface area contributed by atoms with Gasteiger partial charge >= 0.3 is 6.03 Å². The Hall–Kier alpha value is -2.86. The number of anilines is 1. The van der Waals surface area contributed by atoms with Crippen LogP contribution in [-0.4, -0.2) is 46.8 Å². The van der Waals surface area contributed by atoms with E-state index in [1.54, 1.807) is 0 Å². The van der Waals surface area contributed by atoms with E-state index in [0.29, 0.717) is 18.4 Å². The van der Waals surface area contributed by atoms with Gasteiger partial charge in [0.25, 0.3) is 0 Å². The van der Waals surface area contributed by atoms with Crippen LogP contribution in [0.15, 0.2) is 42.5 Å². The molecule has 0 radical (unpaired) electrons. The summed E-state index contributed by atoms with van der Waals surface area (Å²) < 4.78 is 0. The zero-order valence-electron chi connectivity index (χ0n) is 17.2. The van der Waals surface area contributed by atoms with Gasteiger partial charge in [0.1, 0.15) is 0 Å². The quantitative estimate of drug-likeness (QED) is 0.583. The lowest BCUT2D eigenvalue weighted by atomic mass is 10.0. The molecule has 2 amide bonds. The third-order valence-electron chi connectivity index (χ3n) is 5.89. The van der Waals surface area contributed by atoms with Crippen LogP contribution in [0.5, 0.6) is 0 Å². The third kappa shape index (κ3) is 4.27. The van der Waals surface area contributed by atoms with E-state index in [4.69, 9.17) is 0 Å². The smallest absolute Gasteiger partial charge is 0.320 e. The largest absolute Gasteiger partial charge is 0.336 e. The van der Waals surface area contributed by atoms with E-state index in [-0.39, 0.29) is 6.03 Å². The van der Waals surface area contributed by atoms with Gasteiger partial charge in [-0.25, -0.2) is 4.79 Å². The Morgan fingerprint density at radius 2 is 1.97 bits per heavy atom. The van der Waals surface area contributed by atoms with Crippen LogP contribution in [-0.2, 0) is 6.42 Å². The molecule has 2 heterocycles. The van der Waals surface area contributed by atoms with Gasteiger partial charge in [0, 0.05) is 18.0 Å². The highest BCUT2D eigenvalue weighted by Crippen LogP contribution is 2.27. The molecule has 1 aliphatic rings. The van der Waals surface area contributed by atoms with Crippen molar-refractivity contribution < 1.29 is 4.79 Å². The molecular weight excluding hydrogens is 362 g/mol. The Kier molecular flexibility index (Phi) is 5.81. The first-order chi connectivity index (χ1) is 14.2. The summed E-state index contributed by atoms with van der Waals surface area (Å²) in [6.07, 6.45) is 3.38. The molecule has 0 aliphatic carbocycles. The first-order valence-electron chi connectivity index (χ1n) is 10.5. The number of likely N-dealkylation sites (N-methyl/N-ethyl adjacent to an activating group) is 1. The van der Waals surface area contributed by atoms with Crippen LogP contribution in [0.25, 0.3) is 22.0 Å². The van der Waals surface area contributed by atoms with Crippen molar-refractivity contribution >= 4 is 22.8 Å². The van der Waals surface area contributed by atoms with E-state index in [9.17, 15) is 4.79 Å². The lowest BCUT2D eigenvalue weighted by Gasteiger charge is -2.22. The summed E-state index contributed by atoms with van der Waals surface area (Å²) in [4.78, 5) is 14.8. The normalized spacial score (nSPS) is 17.0. The highest BCUT2D eigenvalue weighted by Gasteiger charge is 2.23. The molecule has 1 fully saturated rings. The Morgan fingerprint density at radius 3 is 2.72 bits per heavy atom. The molecule has 0 saturated carbocycles. The highest BCUT2D eigenvalue weighted by molar-refractivity contribution is 6.00. The van der Waals surface area contributed by atoms with Crippen molar-refractivity contribution in [3.8, 4) is 11.1 Å². The van der Waals surface area contributed by atoms with Crippen molar-refractivity contribution in [1.82, 2.24) is 20.4 Å². The van der Waals surface area contributed by atoms with E-state index < -0.39 is 0 Å². The summed E-state index contributed by atoms with van der Waals surface area (Å²) in [5, 5.41) is 14.1. The molecule has 4 rings (SSSR count). The van der Waals surface area contributed by atoms with Gasteiger partial charge in [-0.15, -0.1) is 0 Å². The van der Waals surface area contributed by atoms with Gasteiger partial charge in [-0.05, 0) is 61.2 Å². The predicted octanol–water partition coefficient (Wildman–Crippen LogP) is 4.40. The molecular formula is C23H29N5O. The number of H-pyrrole nitrogens is 1. The summed E-state index contributed by atoms with van der Waals surface area (Å²) in [6.45, 7) is 7.14. The van der Waals surface area contributed by atoms with Crippen LogP contribution in [0.3, 0.4) is 0 Å². The molecule has 0 bridgehead atoms. The second-order valence-corrected chi connectivity index (χ2v) is 7.64. The number of carbonyl (C=O) groups is 1. The van der Waals surface area contributed by atoms with Gasteiger partial charge < -0.3 is 5.32 Å². The van der Waals surface area contributed by atoms with Gasteiger partial charge in [0.05, 0.1) is 5.52 Å². The SMILES string of the molecule is CCc1ccc(-c2ccc3c(NC(=O)NCC4CCCN4CC)n[nH]c3c2)cc1. The maximum atomic E-state index is 12.4. The van der Waals surface area contributed by atoms with Crippen molar-refractivity contribution in [2.75, 3.05) is 25.0 Å². The zero-order valence-corrected chi connectivity index (χ0v) is 17.2. The second kappa shape index (κ2) is 8.66. The van der Waals surface area contributed by atoms with Crippen molar-refractivity contribution in [1.29, 1.82) is 0 Å². The summed E-state index contributed by atoms with van der Waals surface area (Å²) in [5.74, 6) is 0.559. The molecule has 6 nitrogen and oxygen atoms in total. The van der Waals surface area contributed by atoms with Crippen LogP contribution in [0.1, 0.15) is 32.3 Å². The van der Waals surface area contributed by atoms with Crippen molar-refractivity contribution in [3.63, 3.8) is 0 Å². The molecule has 0 spiro atoms. The van der Waals surface area contributed by atoms with Gasteiger partial charge in [0.15, 0.2) is 5.82 Å². The minimum absolute atomic E-state index is 0.208. The minimum atomic E-state index is -0.208. The number of aromatic amines is 1. The number of nitrogens with zero attached hydrogens (tertiary/aromatic N) is 2. The molecule has 152 valence electrons. The molecule has 1 atom stereocenters. The number of likely N-dealkylation sites (tertiary alicyclic amines) is 1. The van der Waals surface area contributed by atoms with Crippen LogP contribution in [0, 0.1) is 0 Å². The Labute approximate surface area is 171 Å². The molecule has 1 aliphatic heterocycles. The summed E-state index contributed by atoms with van der Waals surface area (Å²) in [7, 11) is 0. The van der Waals surface area contributed by atoms with Crippen LogP contribution < -0.4 is 10.6 Å². The number of carbonyl (C=O) groups excluding carboxylic acids is 1. The number of aryl methyl sites for hydroxylation is 1. The van der Waals surface area contributed by atoms with Crippen LogP contribution in [0.4, 0.5) is 10.6 Å². The van der Waals surface area contributed by atoms with E-state index >= 15 is 0 Å². The minimum Gasteiger partial charge on any atom is -0.336 e. The van der Waals surface area contributed by atoms with E-state index in [0.717, 1.165) is 42.4 Å². The fourth-order valence-corrected chi connectivity index (χ4v) is 4.13. The number of hydrogen-bond donors (Lipinski definition) is 3. The van der Waals surface area contributed by atoms with E-state index in [2.05, 4.69) is 76.0 Å². The monoisotopic (exact) mass is 391 g/mol. The number of amides is 2. The lowest BCUT2D eigenvalue weighted by Crippen LogP contribution is -2.41. The number of fused-ring (bicyclic) bond motifs is 1. The topological polar surface area (TPSA) is 73.1 Å². The van der Waals surface area contributed by atoms with E-state index in [1.807, 2.05) is 6.07 Å². The molecule has 29 heavy (non-hydrogen) atoms. The maximum Gasteiger partial charge on any atom is 0.320 e. The predicted molar refractivity (Wildman–Crippen MR) is 118 cm³/mol. The average molecular weight is 392 g/mol. The Morgan fingerprint density at radius 1 is 1.17 bits per heavy atom. The summed E-state index contributed by atoms with van der Waals surface area (Å²) >= 11 is 0. The van der Waals surface area contributed by atoms with Gasteiger partial charge in [-0.1, -0.05) is 44.2 Å². The molecule has 2 aromatic carbocycles. The number of aromatic nitrogens is 2. The first kappa shape index (κ1) is 19.5. The van der Waals surface area contributed by atoms with E-state index in [1.165, 1.54) is 17.5 Å². The van der Waals surface area contributed by atoms with Crippen molar-refractivity contribution in [2.45, 2.75) is 39.2 Å². The standard InChI is InChI=1S/C23H29N5O/c1-3-16-7-9-17(10-8-16)18-11-12-20-21(14-18)26-27-22(20)25-23(29)24-15-19-6-5-13-28(19)4-2/h7-12,14,19H,3-6,13,15H2,1-2H3,(H3,24,25,26,27,29). The maximum absolute atomic E-state index is 12.4. The van der Waals surface area contributed by atoms with Crippen molar-refractivity contribution in [2.24, 2.45) is 0 Å². The average Bonchev–Trinajstić information content (AvgIpc) is 3.38. The molecule has 1 unspecified atom stereocenters. The second-order valence-electron chi connectivity index (χ2n) is 7.64. The number of benzene rings is 2. The highest BCUT2D eigenvalue weighted by atomic mass is 16.2. The molecule has 3 aromatic rings. The van der Waals surface area contributed by atoms with Gasteiger partial charge in [-0.2, -0.15) is 5.10 Å². The fourth-order valence-electron chi connectivity index (χ4n) is 4.13. The first-order valence-corrected chi connectivity index (χ1v) is 10.5. The Bertz CT molecular complexity index is 979.